The van der Waals surface area contributed by atoms with E-state index in [0.717, 1.165) is 49.2 Å². The Labute approximate surface area is 201 Å². The second kappa shape index (κ2) is 9.78. The SMILES string of the molecule is CCNc1ncc2c(n1)n(Cc1ccc(N3CCC(N(C)C)CC3)cc1)c(=O)n2C1CCCC1. The van der Waals surface area contributed by atoms with Gasteiger partial charge in [-0.1, -0.05) is 25.0 Å². The molecule has 1 N–H and O–H groups in total. The molecule has 1 saturated carbocycles. The highest BCUT2D eigenvalue weighted by molar-refractivity contribution is 5.72. The normalized spacial score (nSPS) is 17.8. The number of aromatic nitrogens is 4. The number of fused-ring (bicyclic) bond motifs is 1. The van der Waals surface area contributed by atoms with Crippen molar-refractivity contribution in [2.75, 3.05) is 43.9 Å². The summed E-state index contributed by atoms with van der Waals surface area (Å²) < 4.78 is 3.77. The lowest BCUT2D eigenvalue weighted by atomic mass is 10.0. The standard InChI is InChI=1S/C26H37N7O/c1-4-27-25-28-17-23-24(29-25)32(26(34)33(23)22-7-5-6-8-22)18-19-9-11-21(12-10-19)31-15-13-20(14-16-31)30(2)3/h9-12,17,20,22H,4-8,13-16,18H2,1-3H3,(H,27,28,29). The molecule has 0 bridgehead atoms. The highest BCUT2D eigenvalue weighted by Gasteiger charge is 2.25. The van der Waals surface area contributed by atoms with Gasteiger partial charge >= 0.3 is 5.69 Å². The Balaban J connectivity index is 1.41. The molecule has 8 heteroatoms. The predicted octanol–water partition coefficient (Wildman–Crippen LogP) is 3.72. The van der Waals surface area contributed by atoms with Crippen LogP contribution in [0.3, 0.4) is 0 Å². The molecule has 1 aliphatic heterocycles. The van der Waals surface area contributed by atoms with Crippen LogP contribution in [0.1, 0.15) is 57.1 Å². The quantitative estimate of drug-likeness (QED) is 0.576. The predicted molar refractivity (Wildman–Crippen MR) is 138 cm³/mol. The number of nitrogens with zero attached hydrogens (tertiary/aromatic N) is 6. The molecule has 3 heterocycles. The lowest BCUT2D eigenvalue weighted by molar-refractivity contribution is 0.249. The summed E-state index contributed by atoms with van der Waals surface area (Å²) in [6, 6.07) is 9.64. The van der Waals surface area contributed by atoms with Gasteiger partial charge in [-0.15, -0.1) is 0 Å². The molecule has 5 rings (SSSR count). The number of anilines is 2. The minimum Gasteiger partial charge on any atom is -0.371 e. The summed E-state index contributed by atoms with van der Waals surface area (Å²) >= 11 is 0. The molecule has 2 fully saturated rings. The molecule has 182 valence electrons. The van der Waals surface area contributed by atoms with E-state index in [9.17, 15) is 4.79 Å². The van der Waals surface area contributed by atoms with Crippen LogP contribution in [0.4, 0.5) is 11.6 Å². The van der Waals surface area contributed by atoms with Crippen molar-refractivity contribution in [3.63, 3.8) is 0 Å². The zero-order chi connectivity index (χ0) is 23.7. The molecule has 8 nitrogen and oxygen atoms in total. The van der Waals surface area contributed by atoms with E-state index in [0.29, 0.717) is 18.5 Å². The van der Waals surface area contributed by atoms with E-state index in [2.05, 4.69) is 58.5 Å². The monoisotopic (exact) mass is 463 g/mol. The van der Waals surface area contributed by atoms with Crippen molar-refractivity contribution in [1.29, 1.82) is 0 Å². The van der Waals surface area contributed by atoms with Gasteiger partial charge in [0.1, 0.15) is 5.52 Å². The molecule has 2 aliphatic rings. The van der Waals surface area contributed by atoms with Crippen LogP contribution in [-0.2, 0) is 6.54 Å². The molecule has 0 atom stereocenters. The largest absolute Gasteiger partial charge is 0.371 e. The number of benzene rings is 1. The number of rotatable bonds is 7. The van der Waals surface area contributed by atoms with E-state index >= 15 is 0 Å². The molecule has 0 amide bonds. The molecule has 0 spiro atoms. The Morgan fingerprint density at radius 2 is 1.76 bits per heavy atom. The van der Waals surface area contributed by atoms with Crippen molar-refractivity contribution in [3.05, 3.63) is 46.5 Å². The molecule has 1 aromatic carbocycles. The Kier molecular flexibility index (Phi) is 6.59. The summed E-state index contributed by atoms with van der Waals surface area (Å²) in [6.07, 6.45) is 8.65. The highest BCUT2D eigenvalue weighted by atomic mass is 16.1. The summed E-state index contributed by atoms with van der Waals surface area (Å²) in [7, 11) is 4.35. The minimum absolute atomic E-state index is 0.0275. The number of imidazole rings is 1. The van der Waals surface area contributed by atoms with Gasteiger partial charge in [0.25, 0.3) is 0 Å². The van der Waals surface area contributed by atoms with Crippen LogP contribution in [0.15, 0.2) is 35.3 Å². The number of piperidine rings is 1. The van der Waals surface area contributed by atoms with Crippen molar-refractivity contribution >= 4 is 22.8 Å². The fourth-order valence-corrected chi connectivity index (χ4v) is 5.60. The Hall–Kier alpha value is -2.87. The molecule has 2 aromatic heterocycles. The molecule has 1 aliphatic carbocycles. The maximum atomic E-state index is 13.6. The molecule has 1 saturated heterocycles. The molecular formula is C26H37N7O. The van der Waals surface area contributed by atoms with Gasteiger partial charge in [0.2, 0.25) is 5.95 Å². The van der Waals surface area contributed by atoms with Crippen molar-refractivity contribution in [1.82, 2.24) is 24.0 Å². The maximum Gasteiger partial charge on any atom is 0.330 e. The molecule has 34 heavy (non-hydrogen) atoms. The van der Waals surface area contributed by atoms with Gasteiger partial charge in [0.05, 0.1) is 12.7 Å². The molecular weight excluding hydrogens is 426 g/mol. The van der Waals surface area contributed by atoms with Crippen molar-refractivity contribution in [2.24, 2.45) is 0 Å². The molecule has 3 aromatic rings. The summed E-state index contributed by atoms with van der Waals surface area (Å²) in [4.78, 5) is 27.6. The van der Waals surface area contributed by atoms with Crippen molar-refractivity contribution in [3.8, 4) is 0 Å². The zero-order valence-electron chi connectivity index (χ0n) is 20.7. The van der Waals surface area contributed by atoms with Crippen LogP contribution in [0.5, 0.6) is 0 Å². The van der Waals surface area contributed by atoms with Crippen molar-refractivity contribution in [2.45, 2.75) is 64.1 Å². The minimum atomic E-state index is 0.0275. The van der Waals surface area contributed by atoms with Gasteiger partial charge in [-0.2, -0.15) is 4.98 Å². The summed E-state index contributed by atoms with van der Waals surface area (Å²) in [6.45, 7) is 5.45. The van der Waals surface area contributed by atoms with E-state index in [1.54, 1.807) is 0 Å². The second-order valence-electron chi connectivity index (χ2n) is 9.96. The van der Waals surface area contributed by atoms with Crippen LogP contribution in [0.2, 0.25) is 0 Å². The van der Waals surface area contributed by atoms with Gasteiger partial charge < -0.3 is 15.1 Å². The second-order valence-corrected chi connectivity index (χ2v) is 9.96. The molecule has 0 radical (unpaired) electrons. The van der Waals surface area contributed by atoms with Gasteiger partial charge in [0.15, 0.2) is 5.65 Å². The van der Waals surface area contributed by atoms with Gasteiger partial charge in [-0.05, 0) is 64.4 Å². The summed E-state index contributed by atoms with van der Waals surface area (Å²) in [5, 5.41) is 3.19. The third-order valence-corrected chi connectivity index (χ3v) is 7.56. The first-order chi connectivity index (χ1) is 16.5. The first-order valence-corrected chi connectivity index (χ1v) is 12.8. The zero-order valence-corrected chi connectivity index (χ0v) is 20.7. The van der Waals surface area contributed by atoms with E-state index in [4.69, 9.17) is 4.98 Å². The third-order valence-electron chi connectivity index (χ3n) is 7.56. The lowest BCUT2D eigenvalue weighted by Crippen LogP contribution is -2.41. The number of hydrogen-bond acceptors (Lipinski definition) is 6. The fraction of sp³-hybridized carbons (Fsp3) is 0.577. The first kappa shape index (κ1) is 22.9. The van der Waals surface area contributed by atoms with E-state index in [-0.39, 0.29) is 11.7 Å². The van der Waals surface area contributed by atoms with Crippen LogP contribution in [-0.4, -0.2) is 63.8 Å². The van der Waals surface area contributed by atoms with E-state index in [1.165, 1.54) is 31.4 Å². The fourth-order valence-electron chi connectivity index (χ4n) is 5.60. The lowest BCUT2D eigenvalue weighted by Gasteiger charge is -2.36. The summed E-state index contributed by atoms with van der Waals surface area (Å²) in [5.41, 5.74) is 3.97. The Bertz CT molecular complexity index is 1170. The van der Waals surface area contributed by atoms with Gasteiger partial charge in [-0.3, -0.25) is 9.13 Å². The van der Waals surface area contributed by atoms with Crippen molar-refractivity contribution < 1.29 is 0 Å². The Morgan fingerprint density at radius 3 is 2.41 bits per heavy atom. The van der Waals surface area contributed by atoms with Crippen LogP contribution in [0.25, 0.3) is 11.2 Å². The molecule has 0 unspecified atom stereocenters. The van der Waals surface area contributed by atoms with Gasteiger partial charge in [-0.25, -0.2) is 9.78 Å². The van der Waals surface area contributed by atoms with E-state index < -0.39 is 0 Å². The average molecular weight is 464 g/mol. The third kappa shape index (κ3) is 4.43. The van der Waals surface area contributed by atoms with Crippen LogP contribution < -0.4 is 15.9 Å². The average Bonchev–Trinajstić information content (AvgIpc) is 3.46. The smallest absolute Gasteiger partial charge is 0.330 e. The van der Waals surface area contributed by atoms with Gasteiger partial charge in [0, 0.05) is 37.4 Å². The highest BCUT2D eigenvalue weighted by Crippen LogP contribution is 2.31. The topological polar surface area (TPSA) is 71.2 Å². The first-order valence-electron chi connectivity index (χ1n) is 12.8. The Morgan fingerprint density at radius 1 is 1.06 bits per heavy atom. The number of nitrogens with one attached hydrogen (secondary N) is 1. The maximum absolute atomic E-state index is 13.6. The summed E-state index contributed by atoms with van der Waals surface area (Å²) in [5.74, 6) is 0.573. The van der Waals surface area contributed by atoms with Crippen LogP contribution >= 0.6 is 0 Å². The van der Waals surface area contributed by atoms with Crippen LogP contribution in [0, 0.1) is 0 Å². The number of hydrogen-bond donors (Lipinski definition) is 1. The van der Waals surface area contributed by atoms with E-state index in [1.807, 2.05) is 22.3 Å².